The maximum absolute atomic E-state index is 5.23. The average Bonchev–Trinajstić information content (AvgIpc) is 1.57. The van der Waals surface area contributed by atoms with E-state index in [9.17, 15) is 0 Å². The van der Waals surface area contributed by atoms with Gasteiger partial charge in [0, 0.05) is 99.7 Å². The van der Waals surface area contributed by atoms with Crippen LogP contribution in [0.25, 0.3) is 212 Å². The molecular formula is C111H74N10. The summed E-state index contributed by atoms with van der Waals surface area (Å²) in [4.78, 5) is 31.1. The lowest BCUT2D eigenvalue weighted by Gasteiger charge is -2.22. The Morgan fingerprint density at radius 3 is 0.884 bits per heavy atom. The molecule has 0 saturated carbocycles. The van der Waals surface area contributed by atoms with Gasteiger partial charge in [0.1, 0.15) is 11.6 Å². The SMILES string of the molecule is CC1(C)c2ccccc2-c2ccc(-n3c4ccccc4c4cc(-c5ccc6c(c5)c5ccccc5n6-c5nc(-c6ccccc6)cc(-c6ccccc6)n5)ccc43)cc21.c1ccc(-c2cc(-n3c4ccccc4c4cc(-c5ccc6c(c5)c5ccccc5n6-c5cc(-c6ccccc6)nc(-c6ccccc6)n5)ccc43)nc(-c3ccccc3)n2)cc1. The molecule has 121 heavy (non-hydrogen) atoms. The zero-order valence-corrected chi connectivity index (χ0v) is 66.2. The molecule has 0 bridgehead atoms. The van der Waals surface area contributed by atoms with Crippen molar-refractivity contribution in [2.45, 2.75) is 19.3 Å². The zero-order valence-electron chi connectivity index (χ0n) is 66.2. The molecule has 0 radical (unpaired) electrons. The molecule has 568 valence electrons. The Morgan fingerprint density at radius 2 is 0.488 bits per heavy atom. The molecule has 0 aliphatic heterocycles. The number of hydrogen-bond acceptors (Lipinski definition) is 6. The summed E-state index contributed by atoms with van der Waals surface area (Å²) in [5, 5.41) is 9.45. The lowest BCUT2D eigenvalue weighted by atomic mass is 9.82. The molecule has 0 saturated heterocycles. The Hall–Kier alpha value is -16.0. The number of fused-ring (bicyclic) bond motifs is 15. The molecule has 0 amide bonds. The molecule has 0 spiro atoms. The second-order valence-corrected chi connectivity index (χ2v) is 31.7. The van der Waals surface area contributed by atoms with E-state index in [-0.39, 0.29) is 5.41 Å². The first kappa shape index (κ1) is 70.4. The summed E-state index contributed by atoms with van der Waals surface area (Å²) in [5.41, 5.74) is 29.7. The van der Waals surface area contributed by atoms with Gasteiger partial charge < -0.3 is 4.57 Å². The van der Waals surface area contributed by atoms with Crippen molar-refractivity contribution in [3.63, 3.8) is 0 Å². The van der Waals surface area contributed by atoms with E-state index in [0.29, 0.717) is 17.6 Å². The summed E-state index contributed by atoms with van der Waals surface area (Å²) in [6, 6.07) is 146. The number of rotatable bonds is 12. The van der Waals surface area contributed by atoms with Crippen LogP contribution >= 0.6 is 0 Å². The van der Waals surface area contributed by atoms with Crippen LogP contribution in [0.5, 0.6) is 0 Å². The highest BCUT2D eigenvalue weighted by Crippen LogP contribution is 2.50. The van der Waals surface area contributed by atoms with E-state index in [1.807, 2.05) is 60.7 Å². The Labute approximate surface area is 698 Å². The third kappa shape index (κ3) is 12.0. The maximum atomic E-state index is 5.23. The highest BCUT2D eigenvalue weighted by Gasteiger charge is 2.36. The number of nitrogens with zero attached hydrogens (tertiary/aromatic N) is 10. The molecule has 0 unspecified atom stereocenters. The van der Waals surface area contributed by atoms with Gasteiger partial charge in [-0.3, -0.25) is 13.7 Å². The van der Waals surface area contributed by atoms with Gasteiger partial charge in [-0.2, -0.15) is 0 Å². The van der Waals surface area contributed by atoms with Gasteiger partial charge in [-0.25, -0.2) is 29.9 Å². The number of aromatic nitrogens is 10. The second kappa shape index (κ2) is 28.7. The minimum absolute atomic E-state index is 0.0728. The first-order valence-corrected chi connectivity index (χ1v) is 41.1. The summed E-state index contributed by atoms with van der Waals surface area (Å²) in [6.07, 6.45) is 0. The van der Waals surface area contributed by atoms with Crippen LogP contribution in [0.2, 0.25) is 0 Å². The van der Waals surface area contributed by atoms with Crippen molar-refractivity contribution < 1.29 is 0 Å². The van der Waals surface area contributed by atoms with Crippen molar-refractivity contribution in [3.8, 4) is 124 Å². The van der Waals surface area contributed by atoms with Gasteiger partial charge in [0.05, 0.1) is 66.9 Å². The van der Waals surface area contributed by atoms with Gasteiger partial charge in [0.15, 0.2) is 11.6 Å². The van der Waals surface area contributed by atoms with E-state index in [1.54, 1.807) is 0 Å². The summed E-state index contributed by atoms with van der Waals surface area (Å²) < 4.78 is 9.22. The third-order valence-electron chi connectivity index (χ3n) is 24.3. The zero-order chi connectivity index (χ0) is 80.2. The topological polar surface area (TPSA) is 97.1 Å². The van der Waals surface area contributed by atoms with Crippen LogP contribution in [0.15, 0.2) is 413 Å². The molecule has 7 heterocycles. The Bertz CT molecular complexity index is 7610. The van der Waals surface area contributed by atoms with Crippen LogP contribution in [0.3, 0.4) is 0 Å². The fraction of sp³-hybridized carbons (Fsp3) is 0.0270. The standard InChI is InChI=1S/C56H36N6.C55H38N4/c1-5-17-37(18-6-1)47-35-53(59-55(57-47)39-21-9-3-10-22-39)61-49-27-15-13-25-43(49)45-33-41(29-31-51(45)61)42-30-32-52-46(34-42)44-26-14-16-28-50(44)62(52)54-36-48(38-19-7-2-8-20-38)58-56(60-54)40-23-11-4-12-24-40;1-55(2)46-22-12-9-19-40(46)41-28-27-39(33-47(41)55)58-50-23-13-10-20-42(50)44-31-37(25-29-52(44)58)38-26-30-53-45(32-38)43-21-11-14-24-51(43)59(53)54-56-48(35-15-5-3-6-16-35)34-49(57-54)36-17-7-4-8-18-36/h1-36H;3-34H,1-2H3. The summed E-state index contributed by atoms with van der Waals surface area (Å²) >= 11 is 0. The molecule has 0 fully saturated rings. The smallest absolute Gasteiger partial charge is 0.235 e. The fourth-order valence-electron chi connectivity index (χ4n) is 18.5. The predicted molar refractivity (Wildman–Crippen MR) is 498 cm³/mol. The van der Waals surface area contributed by atoms with E-state index >= 15 is 0 Å². The van der Waals surface area contributed by atoms with Gasteiger partial charge in [-0.05, 0) is 136 Å². The van der Waals surface area contributed by atoms with Crippen molar-refractivity contribution >= 4 is 87.2 Å². The van der Waals surface area contributed by atoms with Crippen molar-refractivity contribution in [2.24, 2.45) is 0 Å². The van der Waals surface area contributed by atoms with Gasteiger partial charge in [0.2, 0.25) is 5.95 Å². The molecule has 7 aromatic heterocycles. The first-order chi connectivity index (χ1) is 59.7. The Balaban J connectivity index is 0.000000141. The highest BCUT2D eigenvalue weighted by molar-refractivity contribution is 6.15. The second-order valence-electron chi connectivity index (χ2n) is 31.7. The summed E-state index contributed by atoms with van der Waals surface area (Å²) in [7, 11) is 0. The summed E-state index contributed by atoms with van der Waals surface area (Å²) in [6.45, 7) is 4.70. The molecule has 0 N–H and O–H groups in total. The fourth-order valence-corrected chi connectivity index (χ4v) is 18.5. The number of benzene rings is 16. The van der Waals surface area contributed by atoms with Crippen LogP contribution in [-0.4, -0.2) is 48.2 Å². The third-order valence-corrected chi connectivity index (χ3v) is 24.3. The van der Waals surface area contributed by atoms with Crippen LogP contribution < -0.4 is 0 Å². The molecule has 1 aliphatic rings. The number of para-hydroxylation sites is 4. The monoisotopic (exact) mass is 1550 g/mol. The Kier molecular flexibility index (Phi) is 16.7. The van der Waals surface area contributed by atoms with E-state index in [2.05, 4.69) is 384 Å². The van der Waals surface area contributed by atoms with Crippen molar-refractivity contribution in [1.82, 2.24) is 48.2 Å². The molecule has 0 atom stereocenters. The molecule has 24 rings (SSSR count). The largest absolute Gasteiger partial charge is 0.309 e. The van der Waals surface area contributed by atoms with E-state index in [0.717, 1.165) is 139 Å². The van der Waals surface area contributed by atoms with Crippen molar-refractivity contribution in [3.05, 3.63) is 424 Å². The van der Waals surface area contributed by atoms with Crippen LogP contribution in [0, 0.1) is 0 Å². The molecule has 10 heteroatoms. The van der Waals surface area contributed by atoms with Crippen LogP contribution in [-0.2, 0) is 5.41 Å². The van der Waals surface area contributed by atoms with Crippen LogP contribution in [0.1, 0.15) is 25.0 Å². The van der Waals surface area contributed by atoms with Crippen molar-refractivity contribution in [1.29, 1.82) is 0 Å². The van der Waals surface area contributed by atoms with E-state index in [1.165, 1.54) is 66.3 Å². The average molecular weight is 1550 g/mol. The molecule has 10 nitrogen and oxygen atoms in total. The first-order valence-electron chi connectivity index (χ1n) is 41.1. The van der Waals surface area contributed by atoms with Gasteiger partial charge in [-0.15, -0.1) is 0 Å². The molecule has 16 aromatic carbocycles. The normalized spacial score (nSPS) is 12.3. The molecule has 23 aromatic rings. The number of hydrogen-bond donors (Lipinski definition) is 0. The molecule has 1 aliphatic carbocycles. The molecular weight excluding hydrogens is 1470 g/mol. The van der Waals surface area contributed by atoms with E-state index in [4.69, 9.17) is 29.9 Å². The lowest BCUT2D eigenvalue weighted by Crippen LogP contribution is -2.15. The minimum Gasteiger partial charge on any atom is -0.309 e. The van der Waals surface area contributed by atoms with Crippen molar-refractivity contribution in [2.75, 3.05) is 0 Å². The van der Waals surface area contributed by atoms with Gasteiger partial charge in [-0.1, -0.05) is 323 Å². The highest BCUT2D eigenvalue weighted by atomic mass is 15.2. The van der Waals surface area contributed by atoms with Gasteiger partial charge >= 0.3 is 0 Å². The quantitative estimate of drug-likeness (QED) is 0.121. The predicted octanol–water partition coefficient (Wildman–Crippen LogP) is 27.8. The van der Waals surface area contributed by atoms with E-state index < -0.39 is 0 Å². The minimum atomic E-state index is -0.0728. The maximum Gasteiger partial charge on any atom is 0.235 e. The summed E-state index contributed by atoms with van der Waals surface area (Å²) in [5.74, 6) is 3.66. The van der Waals surface area contributed by atoms with Gasteiger partial charge in [0.25, 0.3) is 0 Å². The lowest BCUT2D eigenvalue weighted by molar-refractivity contribution is 0.660. The van der Waals surface area contributed by atoms with Crippen LogP contribution in [0.4, 0.5) is 0 Å². The Morgan fingerprint density at radius 1 is 0.190 bits per heavy atom.